The first-order chi connectivity index (χ1) is 13.2. The van der Waals surface area contributed by atoms with Gasteiger partial charge in [0.25, 0.3) is 0 Å². The van der Waals surface area contributed by atoms with Gasteiger partial charge in [-0.1, -0.05) is 20.8 Å². The van der Waals surface area contributed by atoms with Crippen molar-refractivity contribution in [2.75, 3.05) is 59.1 Å². The molecule has 0 aromatic carbocycles. The molecule has 6 atom stereocenters. The zero-order valence-electron chi connectivity index (χ0n) is 19.2. The highest BCUT2D eigenvalue weighted by Gasteiger charge is 2.19. The average molecular weight is 405 g/mol. The minimum atomic E-state index is 0.124. The summed E-state index contributed by atoms with van der Waals surface area (Å²) in [4.78, 5) is 2.37. The summed E-state index contributed by atoms with van der Waals surface area (Å²) in [6.07, 6.45) is 0.373. The molecular weight excluding hydrogens is 356 g/mol. The molecule has 7 heteroatoms. The number of nitrogens with two attached hydrogens (primary N) is 3. The fourth-order valence-electron chi connectivity index (χ4n) is 2.66. The maximum atomic E-state index is 5.98. The Morgan fingerprint density at radius 3 is 1.00 bits per heavy atom. The first kappa shape index (κ1) is 27.7. The van der Waals surface area contributed by atoms with Gasteiger partial charge in [0, 0.05) is 19.6 Å². The minimum absolute atomic E-state index is 0.124. The molecule has 170 valence electrons. The highest BCUT2D eigenvalue weighted by atomic mass is 16.5. The van der Waals surface area contributed by atoms with Gasteiger partial charge in [0.05, 0.1) is 38.1 Å². The zero-order chi connectivity index (χ0) is 21.5. The molecule has 0 aliphatic rings. The lowest BCUT2D eigenvalue weighted by molar-refractivity contribution is -0.0304. The third kappa shape index (κ3) is 14.7. The first-order valence-electron chi connectivity index (χ1n) is 10.9. The third-order valence-corrected chi connectivity index (χ3v) is 4.75. The van der Waals surface area contributed by atoms with Crippen LogP contribution in [0.25, 0.3) is 0 Å². The zero-order valence-corrected chi connectivity index (χ0v) is 19.2. The van der Waals surface area contributed by atoms with Crippen molar-refractivity contribution in [2.45, 2.75) is 59.9 Å². The molecule has 0 bridgehead atoms. The van der Waals surface area contributed by atoms with E-state index in [1.807, 2.05) is 0 Å². The van der Waals surface area contributed by atoms with E-state index in [0.717, 1.165) is 19.6 Å². The van der Waals surface area contributed by atoms with Gasteiger partial charge in [0.1, 0.15) is 0 Å². The normalized spacial score (nSPS) is 18.6. The Morgan fingerprint density at radius 2 is 0.786 bits per heavy atom. The number of rotatable bonds is 18. The summed E-state index contributed by atoms with van der Waals surface area (Å²) in [5, 5.41) is 0. The average Bonchev–Trinajstić information content (AvgIpc) is 2.67. The van der Waals surface area contributed by atoms with Crippen LogP contribution >= 0.6 is 0 Å². The van der Waals surface area contributed by atoms with Gasteiger partial charge in [-0.3, -0.25) is 4.90 Å². The summed E-state index contributed by atoms with van der Waals surface area (Å²) >= 11 is 0. The molecule has 7 nitrogen and oxygen atoms in total. The van der Waals surface area contributed by atoms with Crippen LogP contribution in [0.15, 0.2) is 0 Å². The Labute approximate surface area is 173 Å². The van der Waals surface area contributed by atoms with Crippen LogP contribution < -0.4 is 17.2 Å². The number of hydrogen-bond acceptors (Lipinski definition) is 7. The van der Waals surface area contributed by atoms with E-state index in [0.29, 0.717) is 57.2 Å². The van der Waals surface area contributed by atoms with E-state index in [4.69, 9.17) is 31.4 Å². The van der Waals surface area contributed by atoms with Crippen LogP contribution in [0.2, 0.25) is 0 Å². The van der Waals surface area contributed by atoms with Crippen molar-refractivity contribution in [3.63, 3.8) is 0 Å². The highest BCUT2D eigenvalue weighted by Crippen LogP contribution is 2.08. The van der Waals surface area contributed by atoms with Crippen molar-refractivity contribution in [1.82, 2.24) is 4.90 Å². The lowest BCUT2D eigenvalue weighted by Crippen LogP contribution is -2.43. The van der Waals surface area contributed by atoms with Crippen LogP contribution in [0.5, 0.6) is 0 Å². The standard InChI is InChI=1S/C21H48N4O3/c1-16(7-22)13-26-19(4)10-25(11-20(5)27-14-17(2)8-23)12-21(6)28-15-18(3)9-24/h16-21H,7-15,22-24H2,1-6H3. The molecule has 0 heterocycles. The summed E-state index contributed by atoms with van der Waals surface area (Å²) in [6.45, 7) is 19.1. The molecule has 0 saturated carbocycles. The molecule has 0 spiro atoms. The molecule has 28 heavy (non-hydrogen) atoms. The summed E-state index contributed by atoms with van der Waals surface area (Å²) in [6, 6.07) is 0. The Kier molecular flexibility index (Phi) is 16.3. The fourth-order valence-corrected chi connectivity index (χ4v) is 2.66. The van der Waals surface area contributed by atoms with Crippen molar-refractivity contribution >= 4 is 0 Å². The summed E-state index contributed by atoms with van der Waals surface area (Å²) in [5.41, 5.74) is 17.1. The molecule has 0 radical (unpaired) electrons. The Hall–Kier alpha value is -0.280. The molecular formula is C21H48N4O3. The van der Waals surface area contributed by atoms with Crippen LogP contribution in [0, 0.1) is 17.8 Å². The maximum absolute atomic E-state index is 5.98. The van der Waals surface area contributed by atoms with Gasteiger partial charge in [-0.15, -0.1) is 0 Å². The molecule has 6 unspecified atom stereocenters. The van der Waals surface area contributed by atoms with E-state index in [1.165, 1.54) is 0 Å². The second kappa shape index (κ2) is 16.5. The third-order valence-electron chi connectivity index (χ3n) is 4.75. The van der Waals surface area contributed by atoms with E-state index < -0.39 is 0 Å². The van der Waals surface area contributed by atoms with E-state index in [9.17, 15) is 0 Å². The van der Waals surface area contributed by atoms with E-state index in [-0.39, 0.29) is 18.3 Å². The van der Waals surface area contributed by atoms with Crippen molar-refractivity contribution in [1.29, 1.82) is 0 Å². The summed E-state index contributed by atoms with van der Waals surface area (Å²) in [7, 11) is 0. The van der Waals surface area contributed by atoms with Crippen LogP contribution in [0.4, 0.5) is 0 Å². The topological polar surface area (TPSA) is 109 Å². The van der Waals surface area contributed by atoms with Crippen LogP contribution in [-0.4, -0.2) is 82.3 Å². The van der Waals surface area contributed by atoms with Crippen molar-refractivity contribution in [3.8, 4) is 0 Å². The number of hydrogen-bond donors (Lipinski definition) is 3. The van der Waals surface area contributed by atoms with Gasteiger partial charge in [0.2, 0.25) is 0 Å². The van der Waals surface area contributed by atoms with Gasteiger partial charge in [-0.05, 0) is 58.2 Å². The van der Waals surface area contributed by atoms with Crippen molar-refractivity contribution < 1.29 is 14.2 Å². The van der Waals surface area contributed by atoms with E-state index in [1.54, 1.807) is 0 Å². The smallest absolute Gasteiger partial charge is 0.0674 e. The van der Waals surface area contributed by atoms with Gasteiger partial charge in [-0.2, -0.15) is 0 Å². The van der Waals surface area contributed by atoms with Crippen molar-refractivity contribution in [3.05, 3.63) is 0 Å². The van der Waals surface area contributed by atoms with E-state index in [2.05, 4.69) is 46.4 Å². The predicted octanol–water partition coefficient (Wildman–Crippen LogP) is 1.29. The molecule has 0 rings (SSSR count). The SMILES string of the molecule is CC(CN)COC(C)CN(CC(C)OCC(C)CN)CC(C)OCC(C)CN. The van der Waals surface area contributed by atoms with Crippen LogP contribution in [0.3, 0.4) is 0 Å². The van der Waals surface area contributed by atoms with Gasteiger partial charge in [0.15, 0.2) is 0 Å². The quantitative estimate of drug-likeness (QED) is 0.316. The molecule has 0 aromatic rings. The molecule has 6 N–H and O–H groups in total. The monoisotopic (exact) mass is 404 g/mol. The molecule has 0 fully saturated rings. The Balaban J connectivity index is 4.62. The van der Waals surface area contributed by atoms with Gasteiger partial charge >= 0.3 is 0 Å². The van der Waals surface area contributed by atoms with Crippen molar-refractivity contribution in [2.24, 2.45) is 35.0 Å². The molecule has 0 aliphatic heterocycles. The van der Waals surface area contributed by atoms with E-state index >= 15 is 0 Å². The minimum Gasteiger partial charge on any atom is -0.377 e. The highest BCUT2D eigenvalue weighted by molar-refractivity contribution is 4.71. The van der Waals surface area contributed by atoms with Gasteiger partial charge in [-0.25, -0.2) is 0 Å². The second-order valence-electron chi connectivity index (χ2n) is 8.67. The Morgan fingerprint density at radius 1 is 0.536 bits per heavy atom. The largest absolute Gasteiger partial charge is 0.377 e. The second-order valence-corrected chi connectivity index (χ2v) is 8.67. The lowest BCUT2D eigenvalue weighted by atomic mass is 10.2. The van der Waals surface area contributed by atoms with Crippen LogP contribution in [0.1, 0.15) is 41.5 Å². The fraction of sp³-hybridized carbons (Fsp3) is 1.00. The molecule has 0 amide bonds. The molecule has 0 aliphatic carbocycles. The number of nitrogens with zero attached hydrogens (tertiary/aromatic N) is 1. The predicted molar refractivity (Wildman–Crippen MR) is 117 cm³/mol. The number of ether oxygens (including phenoxy) is 3. The summed E-state index contributed by atoms with van der Waals surface area (Å²) < 4.78 is 17.9. The maximum Gasteiger partial charge on any atom is 0.0674 e. The molecule has 0 aromatic heterocycles. The van der Waals surface area contributed by atoms with Crippen LogP contribution in [-0.2, 0) is 14.2 Å². The first-order valence-corrected chi connectivity index (χ1v) is 10.9. The Bertz CT molecular complexity index is 310. The van der Waals surface area contributed by atoms with Gasteiger partial charge < -0.3 is 31.4 Å². The summed E-state index contributed by atoms with van der Waals surface area (Å²) in [5.74, 6) is 1.11. The molecule has 0 saturated heterocycles. The lowest BCUT2D eigenvalue weighted by Gasteiger charge is -2.31.